The number of hydrogen-bond acceptors (Lipinski definition) is 4. The Balaban J connectivity index is 2.01. The van der Waals surface area contributed by atoms with Gasteiger partial charge in [-0.3, -0.25) is 0 Å². The van der Waals surface area contributed by atoms with Crippen LogP contribution in [0.1, 0.15) is 19.8 Å². The number of rotatable bonds is 6. The molecule has 2 atom stereocenters. The maximum atomic E-state index is 12.6. The lowest BCUT2D eigenvalue weighted by molar-refractivity contribution is 0.297. The minimum absolute atomic E-state index is 0.0997. The van der Waals surface area contributed by atoms with Crippen molar-refractivity contribution in [2.75, 3.05) is 32.0 Å². The molecule has 0 spiro atoms. The van der Waals surface area contributed by atoms with Crippen LogP contribution in [0.4, 0.5) is 5.69 Å². The van der Waals surface area contributed by atoms with Crippen molar-refractivity contribution in [1.29, 1.82) is 5.26 Å². The van der Waals surface area contributed by atoms with Crippen LogP contribution >= 0.6 is 0 Å². The van der Waals surface area contributed by atoms with E-state index in [1.807, 2.05) is 30.3 Å². The van der Waals surface area contributed by atoms with Gasteiger partial charge in [0.25, 0.3) is 10.2 Å². The average molecular weight is 336 g/mol. The summed E-state index contributed by atoms with van der Waals surface area (Å²) in [7, 11) is -1.98. The van der Waals surface area contributed by atoms with Crippen LogP contribution in [-0.4, -0.2) is 49.8 Å². The molecule has 1 aromatic carbocycles. The van der Waals surface area contributed by atoms with Gasteiger partial charge in [0.15, 0.2) is 0 Å². The molecule has 6 nitrogen and oxygen atoms in total. The summed E-state index contributed by atoms with van der Waals surface area (Å²) < 4.78 is 28.1. The van der Waals surface area contributed by atoms with Crippen LogP contribution < -0.4 is 5.32 Å². The van der Waals surface area contributed by atoms with Crippen LogP contribution in [0.2, 0.25) is 0 Å². The van der Waals surface area contributed by atoms with Gasteiger partial charge in [-0.05, 0) is 31.9 Å². The highest BCUT2D eigenvalue weighted by molar-refractivity contribution is 7.86. The first kappa shape index (κ1) is 17.7. The number of anilines is 1. The predicted molar refractivity (Wildman–Crippen MR) is 91.0 cm³/mol. The molecule has 1 heterocycles. The van der Waals surface area contributed by atoms with Crippen LogP contribution in [0, 0.1) is 17.2 Å². The van der Waals surface area contributed by atoms with E-state index in [9.17, 15) is 8.42 Å². The fourth-order valence-corrected chi connectivity index (χ4v) is 4.29. The summed E-state index contributed by atoms with van der Waals surface area (Å²) in [6.45, 7) is 2.91. The van der Waals surface area contributed by atoms with E-state index in [-0.39, 0.29) is 18.5 Å². The first-order valence-corrected chi connectivity index (χ1v) is 9.26. The molecule has 1 saturated heterocycles. The number of para-hydroxylation sites is 1. The van der Waals surface area contributed by atoms with E-state index in [2.05, 4.69) is 11.4 Å². The third-order valence-electron chi connectivity index (χ3n) is 4.00. The average Bonchev–Trinajstić information content (AvgIpc) is 2.55. The summed E-state index contributed by atoms with van der Waals surface area (Å²) in [6, 6.07) is 12.0. The van der Waals surface area contributed by atoms with E-state index < -0.39 is 10.2 Å². The summed E-state index contributed by atoms with van der Waals surface area (Å²) >= 11 is 0. The number of piperidine rings is 1. The number of benzene rings is 1. The zero-order chi connectivity index (χ0) is 16.9. The van der Waals surface area contributed by atoms with Gasteiger partial charge in [0.05, 0.1) is 12.0 Å². The molecule has 2 rings (SSSR count). The smallest absolute Gasteiger partial charge is 0.281 e. The Bertz CT molecular complexity index is 642. The topological polar surface area (TPSA) is 76.4 Å². The third-order valence-corrected chi connectivity index (χ3v) is 5.92. The Labute approximate surface area is 138 Å². The van der Waals surface area contributed by atoms with Crippen molar-refractivity contribution in [3.05, 3.63) is 30.3 Å². The number of nitriles is 1. The molecule has 1 aliphatic heterocycles. The van der Waals surface area contributed by atoms with E-state index >= 15 is 0 Å². The van der Waals surface area contributed by atoms with Crippen molar-refractivity contribution < 1.29 is 8.42 Å². The molecule has 0 aliphatic carbocycles. The normalized spacial score (nSPS) is 20.9. The standard InChI is InChI=1S/C16H24N4O2S/c1-14(11-17)12-19(2)23(21,22)20-10-6-9-16(13-20)18-15-7-4-3-5-8-15/h3-5,7-8,14,16,18H,6,9-10,12-13H2,1-2H3. The Morgan fingerprint density at radius 2 is 2.13 bits per heavy atom. The fourth-order valence-electron chi connectivity index (χ4n) is 2.76. The SMILES string of the molecule is CC(C#N)CN(C)S(=O)(=O)N1CCCC(Nc2ccccc2)C1. The molecule has 0 aromatic heterocycles. The minimum atomic E-state index is -3.52. The molecule has 23 heavy (non-hydrogen) atoms. The zero-order valence-corrected chi connectivity index (χ0v) is 14.5. The van der Waals surface area contributed by atoms with Gasteiger partial charge >= 0.3 is 0 Å². The van der Waals surface area contributed by atoms with Gasteiger partial charge in [0, 0.05) is 38.4 Å². The summed E-state index contributed by atoms with van der Waals surface area (Å²) in [5, 5.41) is 12.3. The molecule has 7 heteroatoms. The van der Waals surface area contributed by atoms with Gasteiger partial charge < -0.3 is 5.32 Å². The van der Waals surface area contributed by atoms with Gasteiger partial charge in [0.2, 0.25) is 0 Å². The lowest BCUT2D eigenvalue weighted by Crippen LogP contribution is -2.50. The molecule has 126 valence electrons. The van der Waals surface area contributed by atoms with E-state index in [0.717, 1.165) is 18.5 Å². The molecular weight excluding hydrogens is 312 g/mol. The van der Waals surface area contributed by atoms with E-state index in [1.54, 1.807) is 6.92 Å². The van der Waals surface area contributed by atoms with Gasteiger partial charge in [-0.2, -0.15) is 22.3 Å². The third kappa shape index (κ3) is 4.67. The molecule has 1 aromatic rings. The highest BCUT2D eigenvalue weighted by atomic mass is 32.2. The molecule has 1 aliphatic rings. The quantitative estimate of drug-likeness (QED) is 0.861. The molecule has 0 radical (unpaired) electrons. The summed E-state index contributed by atoms with van der Waals surface area (Å²) in [6.07, 6.45) is 1.77. The summed E-state index contributed by atoms with van der Waals surface area (Å²) in [5.74, 6) is -0.321. The molecule has 1 fully saturated rings. The highest BCUT2D eigenvalue weighted by Crippen LogP contribution is 2.20. The molecular formula is C16H24N4O2S. The first-order valence-electron chi connectivity index (χ1n) is 7.86. The maximum Gasteiger partial charge on any atom is 0.281 e. The fraction of sp³-hybridized carbons (Fsp3) is 0.562. The Morgan fingerprint density at radius 3 is 2.78 bits per heavy atom. The van der Waals surface area contributed by atoms with Crippen LogP contribution in [0.15, 0.2) is 30.3 Å². The predicted octanol–water partition coefficient (Wildman–Crippen LogP) is 1.90. The Kier molecular flexibility index (Phi) is 5.99. The van der Waals surface area contributed by atoms with Crippen molar-refractivity contribution in [2.24, 2.45) is 5.92 Å². The van der Waals surface area contributed by atoms with E-state index in [0.29, 0.717) is 13.1 Å². The first-order chi connectivity index (χ1) is 10.9. The van der Waals surface area contributed by atoms with Crippen molar-refractivity contribution in [3.63, 3.8) is 0 Å². The van der Waals surface area contributed by atoms with Crippen molar-refractivity contribution >= 4 is 15.9 Å². The number of nitrogens with one attached hydrogen (secondary N) is 1. The van der Waals surface area contributed by atoms with E-state index in [1.165, 1.54) is 15.7 Å². The molecule has 0 saturated carbocycles. The van der Waals surface area contributed by atoms with Gasteiger partial charge in [-0.1, -0.05) is 18.2 Å². The second-order valence-corrected chi connectivity index (χ2v) is 8.06. The highest BCUT2D eigenvalue weighted by Gasteiger charge is 2.32. The van der Waals surface area contributed by atoms with Crippen LogP contribution in [-0.2, 0) is 10.2 Å². The molecule has 2 unspecified atom stereocenters. The van der Waals surface area contributed by atoms with E-state index in [4.69, 9.17) is 5.26 Å². The largest absolute Gasteiger partial charge is 0.381 e. The molecule has 0 bridgehead atoms. The van der Waals surface area contributed by atoms with Crippen molar-refractivity contribution in [1.82, 2.24) is 8.61 Å². The maximum absolute atomic E-state index is 12.6. The Morgan fingerprint density at radius 1 is 1.43 bits per heavy atom. The Hall–Kier alpha value is -1.62. The molecule has 0 amide bonds. The van der Waals surface area contributed by atoms with Gasteiger partial charge in [-0.25, -0.2) is 0 Å². The second kappa shape index (κ2) is 7.77. The summed E-state index contributed by atoms with van der Waals surface area (Å²) in [4.78, 5) is 0. The number of hydrogen-bond donors (Lipinski definition) is 1. The van der Waals surface area contributed by atoms with Crippen LogP contribution in [0.5, 0.6) is 0 Å². The monoisotopic (exact) mass is 336 g/mol. The van der Waals surface area contributed by atoms with Crippen molar-refractivity contribution in [3.8, 4) is 6.07 Å². The lowest BCUT2D eigenvalue weighted by atomic mass is 10.1. The number of nitrogens with zero attached hydrogens (tertiary/aromatic N) is 3. The zero-order valence-electron chi connectivity index (χ0n) is 13.6. The van der Waals surface area contributed by atoms with Crippen LogP contribution in [0.3, 0.4) is 0 Å². The van der Waals surface area contributed by atoms with Crippen LogP contribution in [0.25, 0.3) is 0 Å². The molecule has 1 N–H and O–H groups in total. The van der Waals surface area contributed by atoms with Gasteiger partial charge in [0.1, 0.15) is 0 Å². The summed E-state index contributed by atoms with van der Waals surface area (Å²) in [5.41, 5.74) is 1.00. The van der Waals surface area contributed by atoms with Crippen molar-refractivity contribution in [2.45, 2.75) is 25.8 Å². The van der Waals surface area contributed by atoms with Gasteiger partial charge in [-0.15, -0.1) is 0 Å². The minimum Gasteiger partial charge on any atom is -0.381 e. The second-order valence-electron chi connectivity index (χ2n) is 6.03. The lowest BCUT2D eigenvalue weighted by Gasteiger charge is -2.35.